The number of hydrogen-bond donors (Lipinski definition) is 2. The number of nitrogens with zero attached hydrogens (tertiary/aromatic N) is 1. The van der Waals surface area contributed by atoms with E-state index in [2.05, 4.69) is 15.6 Å². The van der Waals surface area contributed by atoms with Gasteiger partial charge in [-0.05, 0) is 44.1 Å². The van der Waals surface area contributed by atoms with Crippen molar-refractivity contribution in [2.24, 2.45) is 5.41 Å². The van der Waals surface area contributed by atoms with E-state index in [1.165, 1.54) is 0 Å². The summed E-state index contributed by atoms with van der Waals surface area (Å²) in [4.78, 5) is 17.0. The van der Waals surface area contributed by atoms with Crippen LogP contribution < -0.4 is 15.4 Å². The van der Waals surface area contributed by atoms with E-state index in [1.54, 1.807) is 25.4 Å². The van der Waals surface area contributed by atoms with Crippen LogP contribution in [0.5, 0.6) is 11.6 Å². The molecule has 0 saturated carbocycles. The van der Waals surface area contributed by atoms with Crippen LogP contribution in [0.1, 0.15) is 12.8 Å². The van der Waals surface area contributed by atoms with E-state index >= 15 is 0 Å². The zero-order valence-electron chi connectivity index (χ0n) is 14.3. The van der Waals surface area contributed by atoms with Gasteiger partial charge in [-0.3, -0.25) is 4.79 Å². The first-order chi connectivity index (χ1) is 12.2. The Bertz CT molecular complexity index is 677. The predicted octanol–water partition coefficient (Wildman–Crippen LogP) is 2.83. The van der Waals surface area contributed by atoms with Gasteiger partial charge in [0, 0.05) is 13.2 Å². The summed E-state index contributed by atoms with van der Waals surface area (Å²) < 4.78 is 11.0. The summed E-state index contributed by atoms with van der Waals surface area (Å²) in [6.07, 6.45) is 3.13. The number of nitrogens with one attached hydrogen (secondary N) is 2. The first kappa shape index (κ1) is 17.4. The predicted molar refractivity (Wildman–Crippen MR) is 95.8 cm³/mol. The Hall–Kier alpha value is -2.44. The molecule has 2 aromatic rings. The fraction of sp³-hybridized carbons (Fsp3) is 0.368. The number of pyridine rings is 1. The zero-order valence-corrected chi connectivity index (χ0v) is 14.3. The zero-order chi connectivity index (χ0) is 17.5. The lowest BCUT2D eigenvalue weighted by Crippen LogP contribution is -2.47. The van der Waals surface area contributed by atoms with Crippen LogP contribution in [0.4, 0.5) is 5.69 Å². The van der Waals surface area contributed by atoms with Crippen LogP contribution in [0.15, 0.2) is 48.7 Å². The van der Waals surface area contributed by atoms with E-state index < -0.39 is 5.41 Å². The Morgan fingerprint density at radius 2 is 1.96 bits per heavy atom. The molecule has 1 aromatic heterocycles. The fourth-order valence-corrected chi connectivity index (χ4v) is 3.01. The van der Waals surface area contributed by atoms with Crippen molar-refractivity contribution in [3.63, 3.8) is 0 Å². The summed E-state index contributed by atoms with van der Waals surface area (Å²) in [5.41, 5.74) is 0.165. The minimum Gasteiger partial charge on any atom is -0.439 e. The highest BCUT2D eigenvalue weighted by Gasteiger charge is 2.39. The fourth-order valence-electron chi connectivity index (χ4n) is 3.01. The molecule has 2 N–H and O–H groups in total. The third-order valence-electron chi connectivity index (χ3n) is 4.42. The van der Waals surface area contributed by atoms with Gasteiger partial charge in [0.15, 0.2) is 0 Å². The molecule has 1 fully saturated rings. The summed E-state index contributed by atoms with van der Waals surface area (Å²) in [5.74, 6) is 1.19. The second kappa shape index (κ2) is 8.09. The topological polar surface area (TPSA) is 72.5 Å². The summed E-state index contributed by atoms with van der Waals surface area (Å²) in [5, 5.41) is 6.25. The van der Waals surface area contributed by atoms with Crippen LogP contribution in [-0.4, -0.2) is 37.7 Å². The van der Waals surface area contributed by atoms with Gasteiger partial charge in [0.05, 0.1) is 23.9 Å². The van der Waals surface area contributed by atoms with Gasteiger partial charge in [0.25, 0.3) is 0 Å². The van der Waals surface area contributed by atoms with Gasteiger partial charge in [0.2, 0.25) is 11.8 Å². The molecule has 1 aliphatic rings. The number of carbonyl (C=O) groups excluding carboxylic acids is 1. The molecule has 0 radical (unpaired) electrons. The molecule has 0 bridgehead atoms. The lowest BCUT2D eigenvalue weighted by Gasteiger charge is -2.35. The Morgan fingerprint density at radius 1 is 1.20 bits per heavy atom. The van der Waals surface area contributed by atoms with Crippen molar-refractivity contribution in [2.75, 3.05) is 32.1 Å². The Kier molecular flexibility index (Phi) is 5.63. The van der Waals surface area contributed by atoms with Crippen molar-refractivity contribution in [1.82, 2.24) is 10.3 Å². The summed E-state index contributed by atoms with van der Waals surface area (Å²) in [6.45, 7) is 2.06. The maximum atomic E-state index is 12.8. The Labute approximate surface area is 147 Å². The molecule has 0 atom stereocenters. The average molecular weight is 341 g/mol. The molecule has 0 spiro atoms. The molecule has 0 aliphatic carbocycles. The Balaban J connectivity index is 1.65. The first-order valence-corrected chi connectivity index (χ1v) is 8.42. The highest BCUT2D eigenvalue weighted by atomic mass is 16.5. The molecule has 3 rings (SSSR count). The van der Waals surface area contributed by atoms with Crippen LogP contribution in [0, 0.1) is 5.41 Å². The van der Waals surface area contributed by atoms with Crippen LogP contribution >= 0.6 is 0 Å². The van der Waals surface area contributed by atoms with Crippen molar-refractivity contribution in [2.45, 2.75) is 12.8 Å². The number of anilines is 1. The molecule has 2 heterocycles. The second-order valence-corrected chi connectivity index (χ2v) is 6.22. The number of hydrogen-bond acceptors (Lipinski definition) is 5. The van der Waals surface area contributed by atoms with Crippen molar-refractivity contribution >= 4 is 11.6 Å². The first-order valence-electron chi connectivity index (χ1n) is 8.42. The van der Waals surface area contributed by atoms with Gasteiger partial charge in [-0.15, -0.1) is 0 Å². The van der Waals surface area contributed by atoms with Gasteiger partial charge in [-0.2, -0.15) is 0 Å². The van der Waals surface area contributed by atoms with Gasteiger partial charge in [0.1, 0.15) is 5.75 Å². The van der Waals surface area contributed by atoms with Crippen LogP contribution in [0.25, 0.3) is 0 Å². The van der Waals surface area contributed by atoms with Gasteiger partial charge in [-0.25, -0.2) is 4.98 Å². The molecule has 1 saturated heterocycles. The lowest BCUT2D eigenvalue weighted by molar-refractivity contribution is -0.130. The van der Waals surface area contributed by atoms with Crippen LogP contribution in [0.2, 0.25) is 0 Å². The van der Waals surface area contributed by atoms with Crippen molar-refractivity contribution in [3.05, 3.63) is 48.7 Å². The minimum absolute atomic E-state index is 0.0191. The Morgan fingerprint density at radius 3 is 2.60 bits per heavy atom. The highest BCUT2D eigenvalue weighted by molar-refractivity contribution is 5.95. The van der Waals surface area contributed by atoms with Crippen molar-refractivity contribution < 1.29 is 14.3 Å². The largest absolute Gasteiger partial charge is 0.439 e. The SMILES string of the molecule is COCC1(C(=O)Nc2ccc(Oc3ccccc3)nc2)CCNCC1. The van der Waals surface area contributed by atoms with Crippen molar-refractivity contribution in [1.29, 1.82) is 0 Å². The number of benzene rings is 1. The molecule has 6 nitrogen and oxygen atoms in total. The molecule has 132 valence electrons. The monoisotopic (exact) mass is 341 g/mol. The number of piperidine rings is 1. The van der Waals surface area contributed by atoms with E-state index in [-0.39, 0.29) is 5.91 Å². The van der Waals surface area contributed by atoms with E-state index in [0.29, 0.717) is 18.2 Å². The van der Waals surface area contributed by atoms with Gasteiger partial charge in [-0.1, -0.05) is 18.2 Å². The number of amides is 1. The molecular weight excluding hydrogens is 318 g/mol. The normalized spacial score (nSPS) is 16.2. The van der Waals surface area contributed by atoms with Gasteiger partial charge < -0.3 is 20.1 Å². The van der Waals surface area contributed by atoms with E-state index in [4.69, 9.17) is 9.47 Å². The molecular formula is C19H23N3O3. The van der Waals surface area contributed by atoms with Gasteiger partial charge >= 0.3 is 0 Å². The number of methoxy groups -OCH3 is 1. The maximum Gasteiger partial charge on any atom is 0.233 e. The number of rotatable bonds is 6. The smallest absolute Gasteiger partial charge is 0.233 e. The van der Waals surface area contributed by atoms with E-state index in [1.807, 2.05) is 30.3 Å². The molecule has 0 unspecified atom stereocenters. The molecule has 1 aliphatic heterocycles. The van der Waals surface area contributed by atoms with E-state index in [9.17, 15) is 4.79 Å². The number of aromatic nitrogens is 1. The minimum atomic E-state index is -0.487. The van der Waals surface area contributed by atoms with Crippen LogP contribution in [-0.2, 0) is 9.53 Å². The number of ether oxygens (including phenoxy) is 2. The standard InChI is InChI=1S/C19H23N3O3/c1-24-14-19(9-11-20-12-10-19)18(23)22-15-7-8-17(21-13-15)25-16-5-3-2-4-6-16/h2-8,13,20H,9-12,14H2,1H3,(H,22,23). The molecule has 25 heavy (non-hydrogen) atoms. The third-order valence-corrected chi connectivity index (χ3v) is 4.42. The second-order valence-electron chi connectivity index (χ2n) is 6.22. The maximum absolute atomic E-state index is 12.8. The lowest BCUT2D eigenvalue weighted by atomic mass is 9.78. The molecule has 1 amide bonds. The number of carbonyl (C=O) groups is 1. The third kappa shape index (κ3) is 4.35. The quantitative estimate of drug-likeness (QED) is 0.845. The van der Waals surface area contributed by atoms with Crippen LogP contribution in [0.3, 0.4) is 0 Å². The summed E-state index contributed by atoms with van der Waals surface area (Å²) >= 11 is 0. The molecule has 6 heteroatoms. The summed E-state index contributed by atoms with van der Waals surface area (Å²) in [7, 11) is 1.63. The van der Waals surface area contributed by atoms with E-state index in [0.717, 1.165) is 31.7 Å². The van der Waals surface area contributed by atoms with Crippen molar-refractivity contribution in [3.8, 4) is 11.6 Å². The summed E-state index contributed by atoms with van der Waals surface area (Å²) in [6, 6.07) is 13.0. The highest BCUT2D eigenvalue weighted by Crippen LogP contribution is 2.31. The average Bonchev–Trinajstić information content (AvgIpc) is 2.65. The number of para-hydroxylation sites is 1. The molecule has 1 aromatic carbocycles.